The molecule has 0 aliphatic rings. The SMILES string of the molecule is Cc1ccc(Cl)cc1NC(=O)c1cc(Nc2ccccc2F)ncn1. The van der Waals surface area contributed by atoms with E-state index < -0.39 is 11.7 Å². The summed E-state index contributed by atoms with van der Waals surface area (Å²) >= 11 is 5.95. The second-order valence-corrected chi connectivity index (χ2v) is 5.74. The van der Waals surface area contributed by atoms with Crippen molar-refractivity contribution < 1.29 is 9.18 Å². The smallest absolute Gasteiger partial charge is 0.274 e. The van der Waals surface area contributed by atoms with E-state index in [9.17, 15) is 9.18 Å². The van der Waals surface area contributed by atoms with Gasteiger partial charge in [-0.1, -0.05) is 29.8 Å². The quantitative estimate of drug-likeness (QED) is 0.718. The largest absolute Gasteiger partial charge is 0.338 e. The van der Waals surface area contributed by atoms with Gasteiger partial charge in [0.1, 0.15) is 23.7 Å². The molecule has 1 aromatic heterocycles. The molecule has 3 aromatic rings. The first kappa shape index (κ1) is 16.9. The van der Waals surface area contributed by atoms with Gasteiger partial charge in [0.2, 0.25) is 0 Å². The third-order valence-electron chi connectivity index (χ3n) is 3.48. The molecule has 0 saturated carbocycles. The average molecular weight is 357 g/mol. The second kappa shape index (κ2) is 7.27. The molecule has 0 saturated heterocycles. The number of nitrogens with one attached hydrogen (secondary N) is 2. The Morgan fingerprint density at radius 2 is 1.88 bits per heavy atom. The summed E-state index contributed by atoms with van der Waals surface area (Å²) in [4.78, 5) is 20.4. The van der Waals surface area contributed by atoms with Crippen molar-refractivity contribution >= 4 is 34.7 Å². The van der Waals surface area contributed by atoms with Gasteiger partial charge in [-0.2, -0.15) is 0 Å². The molecule has 0 fully saturated rings. The lowest BCUT2D eigenvalue weighted by atomic mass is 10.2. The Morgan fingerprint density at radius 1 is 1.08 bits per heavy atom. The summed E-state index contributed by atoms with van der Waals surface area (Å²) in [6, 6.07) is 12.9. The number of para-hydroxylation sites is 1. The third kappa shape index (κ3) is 4.10. The van der Waals surface area contributed by atoms with E-state index in [4.69, 9.17) is 11.6 Å². The van der Waals surface area contributed by atoms with Gasteiger partial charge in [0.05, 0.1) is 5.69 Å². The zero-order chi connectivity index (χ0) is 17.8. The number of benzene rings is 2. The van der Waals surface area contributed by atoms with Crippen LogP contribution in [-0.4, -0.2) is 15.9 Å². The lowest BCUT2D eigenvalue weighted by Crippen LogP contribution is -2.15. The molecule has 2 N–H and O–H groups in total. The minimum Gasteiger partial charge on any atom is -0.338 e. The Morgan fingerprint density at radius 3 is 2.68 bits per heavy atom. The predicted molar refractivity (Wildman–Crippen MR) is 95.9 cm³/mol. The van der Waals surface area contributed by atoms with E-state index >= 15 is 0 Å². The topological polar surface area (TPSA) is 66.9 Å². The van der Waals surface area contributed by atoms with Gasteiger partial charge in [0.25, 0.3) is 5.91 Å². The number of nitrogens with zero attached hydrogens (tertiary/aromatic N) is 2. The first-order chi connectivity index (χ1) is 12.0. The maximum Gasteiger partial charge on any atom is 0.274 e. The van der Waals surface area contributed by atoms with Gasteiger partial charge in [-0.05, 0) is 36.8 Å². The Hall–Kier alpha value is -2.99. The van der Waals surface area contributed by atoms with Crippen LogP contribution in [0.5, 0.6) is 0 Å². The van der Waals surface area contributed by atoms with E-state index in [-0.39, 0.29) is 11.4 Å². The number of anilines is 3. The van der Waals surface area contributed by atoms with Gasteiger partial charge >= 0.3 is 0 Å². The van der Waals surface area contributed by atoms with Crippen molar-refractivity contribution in [3.8, 4) is 0 Å². The molecule has 1 amide bonds. The van der Waals surface area contributed by atoms with E-state index in [1.54, 1.807) is 30.3 Å². The molecule has 7 heteroatoms. The van der Waals surface area contributed by atoms with Crippen LogP contribution in [0.4, 0.5) is 21.6 Å². The first-order valence-electron chi connectivity index (χ1n) is 7.44. The van der Waals surface area contributed by atoms with Crippen molar-refractivity contribution in [2.45, 2.75) is 6.92 Å². The maximum atomic E-state index is 13.7. The van der Waals surface area contributed by atoms with E-state index in [2.05, 4.69) is 20.6 Å². The zero-order valence-electron chi connectivity index (χ0n) is 13.3. The second-order valence-electron chi connectivity index (χ2n) is 5.31. The summed E-state index contributed by atoms with van der Waals surface area (Å²) in [6.07, 6.45) is 1.24. The lowest BCUT2D eigenvalue weighted by Gasteiger charge is -2.10. The van der Waals surface area contributed by atoms with Crippen LogP contribution in [0.2, 0.25) is 5.02 Å². The summed E-state index contributed by atoms with van der Waals surface area (Å²) in [5, 5.41) is 6.10. The van der Waals surface area contributed by atoms with Gasteiger partial charge in [0.15, 0.2) is 0 Å². The van der Waals surface area contributed by atoms with Gasteiger partial charge in [-0.3, -0.25) is 4.79 Å². The number of rotatable bonds is 4. The van der Waals surface area contributed by atoms with E-state index in [0.29, 0.717) is 16.5 Å². The highest BCUT2D eigenvalue weighted by molar-refractivity contribution is 6.31. The highest BCUT2D eigenvalue weighted by Crippen LogP contribution is 2.21. The number of aromatic nitrogens is 2. The van der Waals surface area contributed by atoms with Crippen molar-refractivity contribution in [2.75, 3.05) is 10.6 Å². The van der Waals surface area contributed by atoms with Crippen LogP contribution in [0.25, 0.3) is 0 Å². The highest BCUT2D eigenvalue weighted by Gasteiger charge is 2.11. The molecule has 2 aromatic carbocycles. The lowest BCUT2D eigenvalue weighted by molar-refractivity contribution is 0.102. The molecule has 1 heterocycles. The molecule has 5 nitrogen and oxygen atoms in total. The molecule has 0 unspecified atom stereocenters. The number of hydrogen-bond donors (Lipinski definition) is 2. The minimum atomic E-state index is -0.415. The van der Waals surface area contributed by atoms with Gasteiger partial charge in [0, 0.05) is 16.8 Å². The van der Waals surface area contributed by atoms with E-state index in [1.165, 1.54) is 18.5 Å². The molecule has 0 atom stereocenters. The zero-order valence-corrected chi connectivity index (χ0v) is 14.0. The molecule has 3 rings (SSSR count). The number of aryl methyl sites for hydroxylation is 1. The Labute approximate surface area is 148 Å². The van der Waals surface area contributed by atoms with Crippen LogP contribution in [0.15, 0.2) is 54.9 Å². The number of carbonyl (C=O) groups excluding carboxylic acids is 1. The number of amides is 1. The monoisotopic (exact) mass is 356 g/mol. The Kier molecular flexibility index (Phi) is 4.90. The van der Waals surface area contributed by atoms with Crippen molar-refractivity contribution in [1.29, 1.82) is 0 Å². The molecule has 0 radical (unpaired) electrons. The molecule has 25 heavy (non-hydrogen) atoms. The summed E-state index contributed by atoms with van der Waals surface area (Å²) < 4.78 is 13.7. The minimum absolute atomic E-state index is 0.146. The van der Waals surface area contributed by atoms with Crippen LogP contribution in [-0.2, 0) is 0 Å². The van der Waals surface area contributed by atoms with Crippen LogP contribution in [0, 0.1) is 12.7 Å². The molecular formula is C18H14ClFN4O. The van der Waals surface area contributed by atoms with Crippen molar-refractivity contribution in [3.63, 3.8) is 0 Å². The van der Waals surface area contributed by atoms with E-state index in [0.717, 1.165) is 5.56 Å². The van der Waals surface area contributed by atoms with Crippen LogP contribution in [0.1, 0.15) is 16.1 Å². The van der Waals surface area contributed by atoms with Gasteiger partial charge in [-0.15, -0.1) is 0 Å². The van der Waals surface area contributed by atoms with Gasteiger partial charge < -0.3 is 10.6 Å². The fraction of sp³-hybridized carbons (Fsp3) is 0.0556. The maximum absolute atomic E-state index is 13.7. The molecule has 0 spiro atoms. The van der Waals surface area contributed by atoms with Crippen molar-refractivity contribution in [3.05, 3.63) is 77.0 Å². The number of hydrogen-bond acceptors (Lipinski definition) is 4. The van der Waals surface area contributed by atoms with Crippen LogP contribution < -0.4 is 10.6 Å². The molecular weight excluding hydrogens is 343 g/mol. The molecule has 0 bridgehead atoms. The molecule has 126 valence electrons. The summed E-state index contributed by atoms with van der Waals surface area (Å²) in [6.45, 7) is 1.86. The van der Waals surface area contributed by atoms with E-state index in [1.807, 2.05) is 13.0 Å². The number of halogens is 2. The Bertz CT molecular complexity index is 932. The predicted octanol–water partition coefficient (Wildman–Crippen LogP) is 4.57. The summed E-state index contributed by atoms with van der Waals surface area (Å²) in [5.74, 6) is -0.515. The molecule has 0 aliphatic heterocycles. The molecule has 0 aliphatic carbocycles. The van der Waals surface area contributed by atoms with Crippen molar-refractivity contribution in [2.24, 2.45) is 0 Å². The fourth-order valence-electron chi connectivity index (χ4n) is 2.17. The summed E-state index contributed by atoms with van der Waals surface area (Å²) in [7, 11) is 0. The first-order valence-corrected chi connectivity index (χ1v) is 7.82. The van der Waals surface area contributed by atoms with Crippen molar-refractivity contribution in [1.82, 2.24) is 9.97 Å². The fourth-order valence-corrected chi connectivity index (χ4v) is 2.34. The third-order valence-corrected chi connectivity index (χ3v) is 3.72. The highest BCUT2D eigenvalue weighted by atomic mass is 35.5. The number of carbonyl (C=O) groups is 1. The average Bonchev–Trinajstić information content (AvgIpc) is 2.60. The Balaban J connectivity index is 1.80. The summed E-state index contributed by atoms with van der Waals surface area (Å²) in [5.41, 5.74) is 1.88. The standard InChI is InChI=1S/C18H14ClFN4O/c1-11-6-7-12(19)8-15(11)24-18(25)16-9-17(22-10-21-16)23-14-5-3-2-4-13(14)20/h2-10H,1H3,(H,24,25)(H,21,22,23). The van der Waals surface area contributed by atoms with Gasteiger partial charge in [-0.25, -0.2) is 14.4 Å². The van der Waals surface area contributed by atoms with Crippen LogP contribution in [0.3, 0.4) is 0 Å². The normalized spacial score (nSPS) is 10.4. The van der Waals surface area contributed by atoms with Crippen LogP contribution >= 0.6 is 11.6 Å².